The van der Waals surface area contributed by atoms with Gasteiger partial charge in [-0.2, -0.15) is 4.98 Å². The molecule has 172 valence electrons. The molecule has 1 atom stereocenters. The van der Waals surface area contributed by atoms with E-state index in [4.69, 9.17) is 9.26 Å². The Hall–Kier alpha value is -3.98. The summed E-state index contributed by atoms with van der Waals surface area (Å²) in [4.78, 5) is 20.3. The van der Waals surface area contributed by atoms with Crippen LogP contribution in [0.3, 0.4) is 0 Å². The van der Waals surface area contributed by atoms with Crippen molar-refractivity contribution in [3.05, 3.63) is 88.5 Å². The summed E-state index contributed by atoms with van der Waals surface area (Å²) in [6.45, 7) is 3.48. The maximum atomic E-state index is 13.9. The lowest BCUT2D eigenvalue weighted by molar-refractivity contribution is 0.244. The van der Waals surface area contributed by atoms with Gasteiger partial charge in [-0.3, -0.25) is 4.90 Å². The third kappa shape index (κ3) is 3.84. The highest BCUT2D eigenvalue weighted by Gasteiger charge is 2.36. The minimum Gasteiger partial charge on any atom is -0.497 e. The highest BCUT2D eigenvalue weighted by molar-refractivity contribution is 7.13. The van der Waals surface area contributed by atoms with Crippen molar-refractivity contribution in [1.82, 2.24) is 15.5 Å². The monoisotopic (exact) mass is 476 g/mol. The molecule has 0 saturated heterocycles. The number of carbonyl (C=O) groups is 1. The van der Waals surface area contributed by atoms with Gasteiger partial charge in [-0.1, -0.05) is 23.4 Å². The van der Waals surface area contributed by atoms with E-state index in [-0.39, 0.29) is 11.8 Å². The van der Waals surface area contributed by atoms with Gasteiger partial charge in [0.25, 0.3) is 5.89 Å². The van der Waals surface area contributed by atoms with E-state index in [0.29, 0.717) is 40.0 Å². The normalized spacial score (nSPS) is 16.1. The van der Waals surface area contributed by atoms with Crippen LogP contribution >= 0.6 is 11.3 Å². The van der Waals surface area contributed by atoms with E-state index in [1.165, 1.54) is 22.3 Å². The first-order valence-corrected chi connectivity index (χ1v) is 11.4. The Balaban J connectivity index is 1.65. The Morgan fingerprint density at radius 1 is 1.15 bits per heavy atom. The van der Waals surface area contributed by atoms with Crippen LogP contribution in [0.15, 0.2) is 70.2 Å². The van der Waals surface area contributed by atoms with Crippen LogP contribution in [0, 0.1) is 12.7 Å². The van der Waals surface area contributed by atoms with Crippen LogP contribution in [0.5, 0.6) is 5.75 Å². The van der Waals surface area contributed by atoms with Crippen molar-refractivity contribution in [2.24, 2.45) is 0 Å². The van der Waals surface area contributed by atoms with Crippen molar-refractivity contribution in [3.63, 3.8) is 0 Å². The number of thiophene rings is 1. The number of allylic oxidation sites excluding steroid dienone is 1. The number of aryl methyl sites for hydroxylation is 1. The standard InChI is InChI=1S/C25H21FN4O3S/c1-14-13-17(8-11-19(14)26)30-15(2)21(24-28-23(29-33-24)20-5-4-12-34-20)22(27-25(30)31)16-6-9-18(32-3)10-7-16/h4-13,22H,1-3H3,(H,27,31). The molecular formula is C25H21FN4O3S. The molecule has 2 aromatic carbocycles. The van der Waals surface area contributed by atoms with Crippen molar-refractivity contribution in [2.75, 3.05) is 12.0 Å². The second-order valence-electron chi connectivity index (χ2n) is 7.82. The second kappa shape index (κ2) is 8.75. The number of methoxy groups -OCH3 is 1. The van der Waals surface area contributed by atoms with Gasteiger partial charge in [0.15, 0.2) is 0 Å². The number of nitrogens with one attached hydrogen (secondary N) is 1. The fourth-order valence-electron chi connectivity index (χ4n) is 3.98. The summed E-state index contributed by atoms with van der Waals surface area (Å²) in [6.07, 6.45) is 0. The number of benzene rings is 2. The van der Waals surface area contributed by atoms with Crippen molar-refractivity contribution < 1.29 is 18.4 Å². The molecule has 3 heterocycles. The summed E-state index contributed by atoms with van der Waals surface area (Å²) >= 11 is 1.51. The SMILES string of the molecule is COc1ccc(C2NC(=O)N(c3ccc(F)c(C)c3)C(C)=C2c2nc(-c3cccs3)no2)cc1. The molecule has 0 radical (unpaired) electrons. The number of urea groups is 1. The first kappa shape index (κ1) is 21.8. The lowest BCUT2D eigenvalue weighted by atomic mass is 9.94. The summed E-state index contributed by atoms with van der Waals surface area (Å²) in [5.74, 6) is 1.14. The van der Waals surface area contributed by atoms with E-state index in [1.807, 2.05) is 48.7 Å². The van der Waals surface area contributed by atoms with Gasteiger partial charge in [0, 0.05) is 5.70 Å². The number of hydrogen-bond acceptors (Lipinski definition) is 6. The summed E-state index contributed by atoms with van der Waals surface area (Å²) in [5.41, 5.74) is 3.07. The van der Waals surface area contributed by atoms with E-state index < -0.39 is 6.04 Å². The first-order chi connectivity index (χ1) is 16.5. The predicted octanol–water partition coefficient (Wildman–Crippen LogP) is 5.96. The van der Waals surface area contributed by atoms with Gasteiger partial charge >= 0.3 is 6.03 Å². The highest BCUT2D eigenvalue weighted by Crippen LogP contribution is 2.40. The van der Waals surface area contributed by atoms with E-state index in [2.05, 4.69) is 15.5 Å². The number of carbonyl (C=O) groups excluding carboxylic acids is 1. The van der Waals surface area contributed by atoms with Gasteiger partial charge in [-0.15, -0.1) is 11.3 Å². The largest absolute Gasteiger partial charge is 0.497 e. The number of hydrogen-bond donors (Lipinski definition) is 1. The molecule has 0 fully saturated rings. The molecule has 4 aromatic rings. The van der Waals surface area contributed by atoms with Crippen LogP contribution in [0.2, 0.25) is 0 Å². The van der Waals surface area contributed by atoms with E-state index >= 15 is 0 Å². The summed E-state index contributed by atoms with van der Waals surface area (Å²) < 4.78 is 24.9. The molecule has 1 aliphatic rings. The summed E-state index contributed by atoms with van der Waals surface area (Å²) in [7, 11) is 1.60. The zero-order chi connectivity index (χ0) is 23.8. The molecule has 0 spiro atoms. The zero-order valence-corrected chi connectivity index (χ0v) is 19.5. The lowest BCUT2D eigenvalue weighted by Gasteiger charge is -2.35. The number of anilines is 1. The van der Waals surface area contributed by atoms with Crippen LogP contribution in [-0.4, -0.2) is 23.3 Å². The van der Waals surface area contributed by atoms with Crippen molar-refractivity contribution >= 4 is 28.6 Å². The Bertz CT molecular complexity index is 1380. The smallest absolute Gasteiger partial charge is 0.326 e. The molecular weight excluding hydrogens is 455 g/mol. The first-order valence-electron chi connectivity index (χ1n) is 10.6. The predicted molar refractivity (Wildman–Crippen MR) is 128 cm³/mol. The fourth-order valence-corrected chi connectivity index (χ4v) is 4.63. The average Bonchev–Trinajstić information content (AvgIpc) is 3.53. The molecule has 0 saturated carbocycles. The minimum atomic E-state index is -0.534. The maximum Gasteiger partial charge on any atom is 0.326 e. The van der Waals surface area contributed by atoms with Gasteiger partial charge < -0.3 is 14.6 Å². The van der Waals surface area contributed by atoms with E-state index in [0.717, 1.165) is 10.4 Å². The molecule has 0 aliphatic carbocycles. The number of ether oxygens (including phenoxy) is 1. The molecule has 5 rings (SSSR count). The van der Waals surface area contributed by atoms with Gasteiger partial charge in [-0.25, -0.2) is 9.18 Å². The van der Waals surface area contributed by atoms with Gasteiger partial charge in [-0.05, 0) is 66.8 Å². The Labute approximate surface area is 199 Å². The van der Waals surface area contributed by atoms with Crippen molar-refractivity contribution in [3.8, 4) is 16.5 Å². The quantitative estimate of drug-likeness (QED) is 0.385. The van der Waals surface area contributed by atoms with Crippen LogP contribution in [0.1, 0.15) is 30.0 Å². The molecule has 1 N–H and O–H groups in total. The van der Waals surface area contributed by atoms with E-state index in [9.17, 15) is 9.18 Å². The summed E-state index contributed by atoms with van der Waals surface area (Å²) in [5, 5.41) is 9.14. The number of nitrogens with zero attached hydrogens (tertiary/aromatic N) is 3. The molecule has 2 aromatic heterocycles. The lowest BCUT2D eigenvalue weighted by Crippen LogP contribution is -2.46. The van der Waals surface area contributed by atoms with E-state index in [1.54, 1.807) is 26.2 Å². The molecule has 0 bridgehead atoms. The van der Waals surface area contributed by atoms with Crippen LogP contribution < -0.4 is 15.0 Å². The Morgan fingerprint density at radius 2 is 1.94 bits per heavy atom. The molecule has 34 heavy (non-hydrogen) atoms. The second-order valence-corrected chi connectivity index (χ2v) is 8.77. The molecule has 2 amide bonds. The van der Waals surface area contributed by atoms with Gasteiger partial charge in [0.2, 0.25) is 5.82 Å². The number of aromatic nitrogens is 2. The Morgan fingerprint density at radius 3 is 2.62 bits per heavy atom. The van der Waals surface area contributed by atoms with Crippen molar-refractivity contribution in [2.45, 2.75) is 19.9 Å². The topological polar surface area (TPSA) is 80.5 Å². The Kier molecular flexibility index (Phi) is 5.62. The zero-order valence-electron chi connectivity index (χ0n) is 18.7. The third-order valence-electron chi connectivity index (χ3n) is 5.73. The molecule has 1 aliphatic heterocycles. The third-order valence-corrected chi connectivity index (χ3v) is 6.60. The fraction of sp³-hybridized carbons (Fsp3) is 0.160. The van der Waals surface area contributed by atoms with Crippen LogP contribution in [0.25, 0.3) is 16.3 Å². The number of halogens is 1. The molecule has 1 unspecified atom stereocenters. The molecule has 7 nitrogen and oxygen atoms in total. The highest BCUT2D eigenvalue weighted by atomic mass is 32.1. The van der Waals surface area contributed by atoms with Crippen LogP contribution in [-0.2, 0) is 0 Å². The van der Waals surface area contributed by atoms with Gasteiger partial charge in [0.05, 0.1) is 29.3 Å². The van der Waals surface area contributed by atoms with Crippen LogP contribution in [0.4, 0.5) is 14.9 Å². The minimum absolute atomic E-state index is 0.297. The average molecular weight is 477 g/mol. The van der Waals surface area contributed by atoms with Gasteiger partial charge in [0.1, 0.15) is 11.6 Å². The maximum absolute atomic E-state index is 13.9. The number of rotatable bonds is 5. The number of amides is 2. The summed E-state index contributed by atoms with van der Waals surface area (Å²) in [6, 6.07) is 14.9. The molecule has 9 heteroatoms. The van der Waals surface area contributed by atoms with Crippen molar-refractivity contribution in [1.29, 1.82) is 0 Å².